The van der Waals surface area contributed by atoms with Crippen molar-refractivity contribution in [2.75, 3.05) is 20.7 Å². The maximum atomic E-state index is 10.0. The normalized spacial score (nSPS) is 12.0. The number of benzene rings is 2. The van der Waals surface area contributed by atoms with E-state index in [1.54, 1.807) is 20.2 Å². The van der Waals surface area contributed by atoms with Crippen LogP contribution < -0.4 is 15.4 Å². The summed E-state index contributed by atoms with van der Waals surface area (Å²) in [6.45, 7) is 2.84. The Hall–Kier alpha value is -1.96. The number of aryl methyl sites for hydroxylation is 1. The first-order valence-electron chi connectivity index (χ1n) is 8.99. The van der Waals surface area contributed by atoms with Crippen molar-refractivity contribution in [2.45, 2.75) is 32.2 Å². The standard InChI is InChI=1S/C21H29N3O2.HI/c1-16(9-10-17-7-5-4-6-8-17)24-21(22-2)23-14-13-18-11-12-19(26-3)15-20(18)25;/h4-8,11-12,15-16,25H,9-10,13-14H2,1-3H3,(H2,22,23,24);1H. The molecule has 0 fully saturated rings. The van der Waals surface area contributed by atoms with Crippen molar-refractivity contribution in [2.24, 2.45) is 4.99 Å². The third kappa shape index (κ3) is 8.07. The number of aromatic hydroxyl groups is 1. The van der Waals surface area contributed by atoms with Gasteiger partial charge in [-0.05, 0) is 43.4 Å². The van der Waals surface area contributed by atoms with E-state index in [1.165, 1.54) is 5.56 Å². The van der Waals surface area contributed by atoms with Gasteiger partial charge in [0.15, 0.2) is 5.96 Å². The number of phenolic OH excluding ortho intramolecular Hbond substituents is 1. The van der Waals surface area contributed by atoms with Crippen LogP contribution in [0.2, 0.25) is 0 Å². The lowest BCUT2D eigenvalue weighted by Gasteiger charge is -2.18. The molecule has 0 aliphatic heterocycles. The molecule has 0 heterocycles. The summed E-state index contributed by atoms with van der Waals surface area (Å²) in [7, 11) is 3.36. The van der Waals surface area contributed by atoms with Gasteiger partial charge in [-0.15, -0.1) is 24.0 Å². The van der Waals surface area contributed by atoms with Crippen molar-refractivity contribution in [3.63, 3.8) is 0 Å². The van der Waals surface area contributed by atoms with Gasteiger partial charge in [-0.25, -0.2) is 0 Å². The fourth-order valence-electron chi connectivity index (χ4n) is 2.73. The molecule has 2 aromatic rings. The zero-order chi connectivity index (χ0) is 18.8. The maximum absolute atomic E-state index is 10.0. The van der Waals surface area contributed by atoms with E-state index in [4.69, 9.17) is 4.74 Å². The van der Waals surface area contributed by atoms with Crippen molar-refractivity contribution in [3.8, 4) is 11.5 Å². The number of aliphatic imine (C=N–C) groups is 1. The topological polar surface area (TPSA) is 65.9 Å². The second-order valence-electron chi connectivity index (χ2n) is 6.31. The van der Waals surface area contributed by atoms with E-state index in [-0.39, 0.29) is 29.7 Å². The minimum Gasteiger partial charge on any atom is -0.508 e. The Morgan fingerprint density at radius 1 is 1.15 bits per heavy atom. The first kappa shape index (κ1) is 23.1. The van der Waals surface area contributed by atoms with Crippen LogP contribution in [0.3, 0.4) is 0 Å². The highest BCUT2D eigenvalue weighted by molar-refractivity contribution is 14.0. The summed E-state index contributed by atoms with van der Waals surface area (Å²) in [5, 5.41) is 16.7. The molecule has 0 aromatic heterocycles. The SMILES string of the molecule is CN=C(NCCc1ccc(OC)cc1O)NC(C)CCc1ccccc1.I. The Balaban J connectivity index is 0.00000364. The van der Waals surface area contributed by atoms with Crippen LogP contribution in [0.15, 0.2) is 53.5 Å². The lowest BCUT2D eigenvalue weighted by Crippen LogP contribution is -2.43. The van der Waals surface area contributed by atoms with Gasteiger partial charge >= 0.3 is 0 Å². The van der Waals surface area contributed by atoms with Crippen LogP contribution in [-0.2, 0) is 12.8 Å². The van der Waals surface area contributed by atoms with Gasteiger partial charge in [0.2, 0.25) is 0 Å². The number of methoxy groups -OCH3 is 1. The van der Waals surface area contributed by atoms with Crippen molar-refractivity contribution in [3.05, 3.63) is 59.7 Å². The summed E-state index contributed by atoms with van der Waals surface area (Å²) in [6, 6.07) is 16.2. The van der Waals surface area contributed by atoms with Crippen LogP contribution >= 0.6 is 24.0 Å². The van der Waals surface area contributed by atoms with Crippen LogP contribution in [0.25, 0.3) is 0 Å². The van der Waals surface area contributed by atoms with E-state index in [0.29, 0.717) is 24.8 Å². The highest BCUT2D eigenvalue weighted by Gasteiger charge is 2.07. The summed E-state index contributed by atoms with van der Waals surface area (Å²) in [6.07, 6.45) is 2.77. The smallest absolute Gasteiger partial charge is 0.191 e. The van der Waals surface area contributed by atoms with E-state index < -0.39 is 0 Å². The van der Waals surface area contributed by atoms with Gasteiger partial charge in [-0.3, -0.25) is 4.99 Å². The molecular formula is C21H30IN3O2. The van der Waals surface area contributed by atoms with Gasteiger partial charge < -0.3 is 20.5 Å². The van der Waals surface area contributed by atoms with Gasteiger partial charge in [0, 0.05) is 25.7 Å². The molecule has 1 unspecified atom stereocenters. The number of phenols is 1. The van der Waals surface area contributed by atoms with Gasteiger partial charge in [-0.1, -0.05) is 36.4 Å². The molecule has 0 saturated heterocycles. The summed E-state index contributed by atoms with van der Waals surface area (Å²) in [5.41, 5.74) is 2.23. The molecule has 2 aromatic carbocycles. The number of hydrogen-bond acceptors (Lipinski definition) is 3. The Kier molecular flexibility index (Phi) is 10.6. The molecule has 0 aliphatic rings. The fraction of sp³-hybridized carbons (Fsp3) is 0.381. The van der Waals surface area contributed by atoms with Crippen LogP contribution in [0.4, 0.5) is 0 Å². The number of rotatable bonds is 8. The molecule has 2 rings (SSSR count). The summed E-state index contributed by atoms with van der Waals surface area (Å²) >= 11 is 0. The first-order valence-corrected chi connectivity index (χ1v) is 8.99. The largest absolute Gasteiger partial charge is 0.508 e. The number of ether oxygens (including phenoxy) is 1. The lowest BCUT2D eigenvalue weighted by atomic mass is 10.1. The number of halogens is 1. The average Bonchev–Trinajstić information content (AvgIpc) is 2.67. The van der Waals surface area contributed by atoms with Crippen molar-refractivity contribution >= 4 is 29.9 Å². The van der Waals surface area contributed by atoms with Crippen LogP contribution in [0.1, 0.15) is 24.5 Å². The molecule has 6 heteroatoms. The molecule has 148 valence electrons. The number of nitrogens with one attached hydrogen (secondary N) is 2. The third-order valence-corrected chi connectivity index (χ3v) is 4.29. The van der Waals surface area contributed by atoms with Crippen molar-refractivity contribution < 1.29 is 9.84 Å². The summed E-state index contributed by atoms with van der Waals surface area (Å²) < 4.78 is 5.10. The summed E-state index contributed by atoms with van der Waals surface area (Å²) in [5.74, 6) is 1.69. The van der Waals surface area contributed by atoms with Gasteiger partial charge in [0.1, 0.15) is 11.5 Å². The van der Waals surface area contributed by atoms with Crippen molar-refractivity contribution in [1.82, 2.24) is 10.6 Å². The predicted octanol–water partition coefficient (Wildman–Crippen LogP) is 3.75. The van der Waals surface area contributed by atoms with E-state index in [9.17, 15) is 5.11 Å². The monoisotopic (exact) mass is 483 g/mol. The van der Waals surface area contributed by atoms with Crippen LogP contribution in [-0.4, -0.2) is 37.8 Å². The zero-order valence-corrected chi connectivity index (χ0v) is 18.6. The molecule has 0 radical (unpaired) electrons. The molecule has 3 N–H and O–H groups in total. The molecule has 0 saturated carbocycles. The molecule has 27 heavy (non-hydrogen) atoms. The zero-order valence-electron chi connectivity index (χ0n) is 16.2. The minimum absolute atomic E-state index is 0. The highest BCUT2D eigenvalue weighted by Crippen LogP contribution is 2.23. The molecule has 0 spiro atoms. The minimum atomic E-state index is 0. The molecule has 5 nitrogen and oxygen atoms in total. The molecule has 1 atom stereocenters. The highest BCUT2D eigenvalue weighted by atomic mass is 127. The molecule has 0 aliphatic carbocycles. The molecule has 0 amide bonds. The predicted molar refractivity (Wildman–Crippen MR) is 123 cm³/mol. The number of nitrogens with zero attached hydrogens (tertiary/aromatic N) is 1. The number of guanidine groups is 1. The van der Waals surface area contributed by atoms with E-state index >= 15 is 0 Å². The molecule has 0 bridgehead atoms. The average molecular weight is 483 g/mol. The van der Waals surface area contributed by atoms with Crippen LogP contribution in [0, 0.1) is 0 Å². The van der Waals surface area contributed by atoms with Gasteiger partial charge in [0.05, 0.1) is 7.11 Å². The van der Waals surface area contributed by atoms with E-state index in [2.05, 4.69) is 46.8 Å². The Bertz CT molecular complexity index is 708. The first-order chi connectivity index (χ1) is 12.6. The van der Waals surface area contributed by atoms with Crippen LogP contribution in [0.5, 0.6) is 11.5 Å². The van der Waals surface area contributed by atoms with Gasteiger partial charge in [0.25, 0.3) is 0 Å². The Morgan fingerprint density at radius 3 is 2.52 bits per heavy atom. The third-order valence-electron chi connectivity index (χ3n) is 4.29. The lowest BCUT2D eigenvalue weighted by molar-refractivity contribution is 0.406. The summed E-state index contributed by atoms with van der Waals surface area (Å²) in [4.78, 5) is 4.28. The van der Waals surface area contributed by atoms with Crippen molar-refractivity contribution in [1.29, 1.82) is 0 Å². The fourth-order valence-corrected chi connectivity index (χ4v) is 2.73. The quantitative estimate of drug-likeness (QED) is 0.304. The van der Waals surface area contributed by atoms with E-state index in [1.807, 2.05) is 18.2 Å². The maximum Gasteiger partial charge on any atom is 0.191 e. The van der Waals surface area contributed by atoms with E-state index in [0.717, 1.165) is 24.4 Å². The molecular weight excluding hydrogens is 453 g/mol. The second-order valence-corrected chi connectivity index (χ2v) is 6.31. The Morgan fingerprint density at radius 2 is 1.89 bits per heavy atom. The second kappa shape index (κ2) is 12.4. The number of hydrogen-bond donors (Lipinski definition) is 3. The Labute approximate surface area is 179 Å². The van der Waals surface area contributed by atoms with Gasteiger partial charge in [-0.2, -0.15) is 0 Å².